The summed E-state index contributed by atoms with van der Waals surface area (Å²) in [4.78, 5) is 19.2. The van der Waals surface area contributed by atoms with Crippen LogP contribution in [-0.2, 0) is 0 Å². The smallest absolute Gasteiger partial charge is 0.319 e. The number of hydrogen-bond donors (Lipinski definition) is 4. The predicted octanol–water partition coefficient (Wildman–Crippen LogP) is 2.91. The Balaban J connectivity index is 0.000000336. The minimum Gasteiger partial charge on any atom is -0.393 e. The largest absolute Gasteiger partial charge is 0.393 e. The van der Waals surface area contributed by atoms with E-state index in [1.54, 1.807) is 24.5 Å². The molecule has 2 amide bonds. The molecular formula is C21H27N5O2. The van der Waals surface area contributed by atoms with E-state index in [9.17, 15) is 4.79 Å². The monoisotopic (exact) mass is 381 g/mol. The molecule has 28 heavy (non-hydrogen) atoms. The van der Waals surface area contributed by atoms with Crippen LogP contribution in [-0.4, -0.2) is 33.8 Å². The van der Waals surface area contributed by atoms with E-state index >= 15 is 0 Å². The van der Waals surface area contributed by atoms with Gasteiger partial charge in [-0.2, -0.15) is 0 Å². The maximum Gasteiger partial charge on any atom is 0.319 e. The maximum absolute atomic E-state index is 11.4. The van der Waals surface area contributed by atoms with Crippen molar-refractivity contribution in [1.29, 1.82) is 0 Å². The first kappa shape index (κ1) is 21.2. The van der Waals surface area contributed by atoms with Crippen molar-refractivity contribution < 1.29 is 9.90 Å². The average molecular weight is 381 g/mol. The van der Waals surface area contributed by atoms with Crippen LogP contribution in [0.15, 0.2) is 36.7 Å². The number of nitrogen functional groups attached to an aromatic ring is 1. The number of rotatable bonds is 2. The Labute approximate surface area is 165 Å². The lowest BCUT2D eigenvalue weighted by Gasteiger charge is -2.14. The highest BCUT2D eigenvalue weighted by Crippen LogP contribution is 2.16. The van der Waals surface area contributed by atoms with Crippen molar-refractivity contribution >= 4 is 17.7 Å². The molecule has 1 aliphatic rings. The first-order valence-corrected chi connectivity index (χ1v) is 9.49. The number of urea groups is 1. The molecule has 1 fully saturated rings. The van der Waals surface area contributed by atoms with Gasteiger partial charge in [0.2, 0.25) is 5.95 Å². The Morgan fingerprint density at radius 1 is 1.18 bits per heavy atom. The number of aromatic nitrogens is 2. The van der Waals surface area contributed by atoms with Crippen LogP contribution in [0.5, 0.6) is 0 Å². The molecule has 2 aromatic rings. The van der Waals surface area contributed by atoms with Gasteiger partial charge in [0.15, 0.2) is 0 Å². The van der Waals surface area contributed by atoms with E-state index in [0.717, 1.165) is 18.4 Å². The van der Waals surface area contributed by atoms with Gasteiger partial charge in [-0.3, -0.25) is 0 Å². The number of carbonyl (C=O) groups excluding carboxylic acids is 1. The van der Waals surface area contributed by atoms with Crippen molar-refractivity contribution in [2.45, 2.75) is 45.1 Å². The molecule has 0 spiro atoms. The number of amides is 2. The molecule has 1 aliphatic carbocycles. The first-order chi connectivity index (χ1) is 13.6. The first-order valence-electron chi connectivity index (χ1n) is 9.49. The Hall–Kier alpha value is -3.11. The minimum absolute atomic E-state index is 0.0359. The van der Waals surface area contributed by atoms with Crippen molar-refractivity contribution in [3.05, 3.63) is 47.8 Å². The second-order valence-electron chi connectivity index (χ2n) is 6.44. The van der Waals surface area contributed by atoms with E-state index in [-0.39, 0.29) is 18.1 Å². The van der Waals surface area contributed by atoms with Gasteiger partial charge in [-0.1, -0.05) is 37.2 Å². The topological polar surface area (TPSA) is 113 Å². The molecule has 0 bridgehead atoms. The van der Waals surface area contributed by atoms with E-state index in [2.05, 4.69) is 32.4 Å². The molecule has 1 heterocycles. The summed E-state index contributed by atoms with van der Waals surface area (Å²) < 4.78 is 0. The van der Waals surface area contributed by atoms with Gasteiger partial charge in [-0.25, -0.2) is 14.8 Å². The van der Waals surface area contributed by atoms with Crippen LogP contribution in [0.25, 0.3) is 0 Å². The predicted molar refractivity (Wildman–Crippen MR) is 111 cm³/mol. The van der Waals surface area contributed by atoms with Crippen LogP contribution in [0.3, 0.4) is 0 Å². The van der Waals surface area contributed by atoms with E-state index in [1.807, 2.05) is 19.1 Å². The molecule has 1 saturated carbocycles. The lowest BCUT2D eigenvalue weighted by atomic mass is 9.98. The third-order valence-electron chi connectivity index (χ3n) is 4.06. The molecule has 1 aromatic heterocycles. The van der Waals surface area contributed by atoms with Gasteiger partial charge in [0.1, 0.15) is 0 Å². The van der Waals surface area contributed by atoms with E-state index in [0.29, 0.717) is 17.8 Å². The normalized spacial score (nSPS) is 13.4. The molecular weight excluding hydrogens is 354 g/mol. The molecule has 5 N–H and O–H groups in total. The lowest BCUT2D eigenvalue weighted by Crippen LogP contribution is -2.28. The molecule has 0 radical (unpaired) electrons. The van der Waals surface area contributed by atoms with Crippen molar-refractivity contribution in [2.75, 3.05) is 17.6 Å². The Bertz CT molecular complexity index is 806. The third kappa shape index (κ3) is 8.06. The number of nitrogens with two attached hydrogens (primary N) is 1. The average Bonchev–Trinajstić information content (AvgIpc) is 2.69. The van der Waals surface area contributed by atoms with Gasteiger partial charge in [-0.05, 0) is 38.0 Å². The summed E-state index contributed by atoms with van der Waals surface area (Å²) in [5.74, 6) is 6.13. The minimum atomic E-state index is -0.241. The number of anilines is 2. The van der Waals surface area contributed by atoms with Crippen molar-refractivity contribution in [3.63, 3.8) is 0 Å². The summed E-state index contributed by atoms with van der Waals surface area (Å²) in [5.41, 5.74) is 7.54. The standard InChI is InChI=1S/C15H15N5O.C6H12O/c1-2-17-15(21)20-13-5-3-4-11(8-13)6-7-12-9-18-14(16)19-10-12;7-6-4-2-1-3-5-6/h3-5,8-10H,2H2,1H3,(H2,16,18,19)(H2,17,20,21);6-7H,1-5H2. The molecule has 3 rings (SSSR count). The van der Waals surface area contributed by atoms with Crippen LogP contribution in [0.1, 0.15) is 50.2 Å². The van der Waals surface area contributed by atoms with Crippen LogP contribution >= 0.6 is 0 Å². The number of benzene rings is 1. The second-order valence-corrected chi connectivity index (χ2v) is 6.44. The molecule has 0 aliphatic heterocycles. The van der Waals surface area contributed by atoms with Gasteiger partial charge in [0, 0.05) is 30.2 Å². The SMILES string of the molecule is CCNC(=O)Nc1cccc(C#Cc2cnc(N)nc2)c1.OC1CCCCC1. The van der Waals surface area contributed by atoms with Crippen LogP contribution < -0.4 is 16.4 Å². The highest BCUT2D eigenvalue weighted by atomic mass is 16.3. The van der Waals surface area contributed by atoms with E-state index < -0.39 is 0 Å². The number of nitrogens with one attached hydrogen (secondary N) is 2. The zero-order valence-corrected chi connectivity index (χ0v) is 16.1. The zero-order chi connectivity index (χ0) is 20.2. The third-order valence-corrected chi connectivity index (χ3v) is 4.06. The summed E-state index contributed by atoms with van der Waals surface area (Å²) >= 11 is 0. The van der Waals surface area contributed by atoms with E-state index in [4.69, 9.17) is 10.8 Å². The van der Waals surface area contributed by atoms with Gasteiger partial charge >= 0.3 is 6.03 Å². The summed E-state index contributed by atoms with van der Waals surface area (Å²) in [6.45, 7) is 2.43. The fraction of sp³-hybridized carbons (Fsp3) is 0.381. The Morgan fingerprint density at radius 2 is 1.86 bits per heavy atom. The lowest BCUT2D eigenvalue weighted by molar-refractivity contribution is 0.130. The molecule has 7 heteroatoms. The fourth-order valence-corrected chi connectivity index (χ4v) is 2.64. The zero-order valence-electron chi connectivity index (χ0n) is 16.1. The molecule has 1 aromatic carbocycles. The van der Waals surface area contributed by atoms with Crippen molar-refractivity contribution in [1.82, 2.24) is 15.3 Å². The number of aliphatic hydroxyl groups is 1. The van der Waals surface area contributed by atoms with E-state index in [1.165, 1.54) is 19.3 Å². The molecule has 0 unspecified atom stereocenters. The number of nitrogens with zero attached hydrogens (tertiary/aromatic N) is 2. The molecule has 0 saturated heterocycles. The summed E-state index contributed by atoms with van der Waals surface area (Å²) in [7, 11) is 0. The van der Waals surface area contributed by atoms with Gasteiger partial charge in [0.05, 0.1) is 11.7 Å². The van der Waals surface area contributed by atoms with Gasteiger partial charge in [0.25, 0.3) is 0 Å². The number of carbonyl (C=O) groups is 1. The fourth-order valence-electron chi connectivity index (χ4n) is 2.64. The summed E-state index contributed by atoms with van der Waals surface area (Å²) in [6, 6.07) is 7.03. The second kappa shape index (κ2) is 11.6. The van der Waals surface area contributed by atoms with Crippen LogP contribution in [0.2, 0.25) is 0 Å². The maximum atomic E-state index is 11.4. The highest BCUT2D eigenvalue weighted by Gasteiger charge is 2.07. The number of hydrogen-bond acceptors (Lipinski definition) is 5. The highest BCUT2D eigenvalue weighted by molar-refractivity contribution is 5.89. The van der Waals surface area contributed by atoms with Crippen molar-refractivity contribution in [2.24, 2.45) is 0 Å². The van der Waals surface area contributed by atoms with Crippen molar-refractivity contribution in [3.8, 4) is 11.8 Å². The van der Waals surface area contributed by atoms with Crippen LogP contribution in [0, 0.1) is 11.8 Å². The molecule has 148 valence electrons. The Kier molecular flexibility index (Phi) is 8.76. The molecule has 0 atom stereocenters. The summed E-state index contributed by atoms with van der Waals surface area (Å²) in [6.07, 6.45) is 9.05. The van der Waals surface area contributed by atoms with Crippen LogP contribution in [0.4, 0.5) is 16.4 Å². The molecule has 7 nitrogen and oxygen atoms in total. The Morgan fingerprint density at radius 3 is 2.46 bits per heavy atom. The summed E-state index contributed by atoms with van der Waals surface area (Å²) in [5, 5.41) is 14.3. The van der Waals surface area contributed by atoms with Gasteiger partial charge < -0.3 is 21.5 Å². The van der Waals surface area contributed by atoms with Gasteiger partial charge in [-0.15, -0.1) is 0 Å². The number of aliphatic hydroxyl groups excluding tert-OH is 1. The quantitative estimate of drug-likeness (QED) is 0.598.